The quantitative estimate of drug-likeness (QED) is 0.723. The molecule has 2 amide bonds. The number of alkyl halides is 3. The van der Waals surface area contributed by atoms with Gasteiger partial charge in [0.15, 0.2) is 0 Å². The van der Waals surface area contributed by atoms with Crippen LogP contribution in [-0.4, -0.2) is 69.8 Å². The van der Waals surface area contributed by atoms with Crippen molar-refractivity contribution in [1.29, 1.82) is 5.26 Å². The molecule has 33 heavy (non-hydrogen) atoms. The van der Waals surface area contributed by atoms with Crippen molar-refractivity contribution in [3.05, 3.63) is 35.4 Å². The molecule has 10 heteroatoms. The van der Waals surface area contributed by atoms with E-state index in [0.29, 0.717) is 30.9 Å². The van der Waals surface area contributed by atoms with Crippen molar-refractivity contribution in [2.45, 2.75) is 68.6 Å². The number of piperidine rings is 1. The molecule has 3 heterocycles. The summed E-state index contributed by atoms with van der Waals surface area (Å²) in [5.41, 5.74) is 6.16. The van der Waals surface area contributed by atoms with Crippen molar-refractivity contribution in [2.24, 2.45) is 11.7 Å². The van der Waals surface area contributed by atoms with E-state index in [0.717, 1.165) is 18.6 Å². The number of rotatable bonds is 5. The fourth-order valence-corrected chi connectivity index (χ4v) is 5.92. The third-order valence-corrected chi connectivity index (χ3v) is 7.71. The molecule has 0 aromatic heterocycles. The number of nitrogens with zero attached hydrogens (tertiary/aromatic N) is 4. The van der Waals surface area contributed by atoms with Gasteiger partial charge < -0.3 is 15.5 Å². The standard InChI is InChI=1S/C23H26F3N5O2/c1-12(13-2-4-15(5-3-13)23(24,25)26)30-17-8-20(22(30)33)29(10-17)11-18(28)21(32)31-16(9-27)6-14-7-19(14)31/h2-5,12,14,16-20H,6-8,10-11,28H2,1H3. The molecule has 2 N–H and O–H groups in total. The lowest BCUT2D eigenvalue weighted by molar-refractivity contribution is -0.141. The average molecular weight is 461 g/mol. The van der Waals surface area contributed by atoms with Crippen molar-refractivity contribution in [3.63, 3.8) is 0 Å². The van der Waals surface area contributed by atoms with Crippen LogP contribution in [0.5, 0.6) is 0 Å². The Morgan fingerprint density at radius 1 is 1.24 bits per heavy atom. The van der Waals surface area contributed by atoms with Gasteiger partial charge in [-0.25, -0.2) is 0 Å². The van der Waals surface area contributed by atoms with Gasteiger partial charge in [0.1, 0.15) is 6.04 Å². The van der Waals surface area contributed by atoms with E-state index >= 15 is 0 Å². The first-order valence-corrected chi connectivity index (χ1v) is 11.3. The van der Waals surface area contributed by atoms with Crippen LogP contribution in [0.3, 0.4) is 0 Å². The third-order valence-electron chi connectivity index (χ3n) is 7.71. The first-order valence-electron chi connectivity index (χ1n) is 11.3. The van der Waals surface area contributed by atoms with Crippen LogP contribution in [0.2, 0.25) is 0 Å². The minimum absolute atomic E-state index is 0.0754. The van der Waals surface area contributed by atoms with Gasteiger partial charge in [-0.1, -0.05) is 12.1 Å². The normalized spacial score (nSPS) is 32.6. The molecule has 1 saturated carbocycles. The molecule has 0 radical (unpaired) electrons. The number of benzene rings is 1. The van der Waals surface area contributed by atoms with Crippen LogP contribution in [0.15, 0.2) is 24.3 Å². The second kappa shape index (κ2) is 7.71. The van der Waals surface area contributed by atoms with E-state index in [1.54, 1.807) is 9.80 Å². The lowest BCUT2D eigenvalue weighted by atomic mass is 10.0. The third kappa shape index (κ3) is 3.67. The molecular formula is C23H26F3N5O2. The maximum absolute atomic E-state index is 13.1. The summed E-state index contributed by atoms with van der Waals surface area (Å²) in [4.78, 5) is 31.4. The van der Waals surface area contributed by atoms with E-state index in [1.165, 1.54) is 12.1 Å². The highest BCUT2D eigenvalue weighted by Crippen LogP contribution is 2.48. The summed E-state index contributed by atoms with van der Waals surface area (Å²) in [7, 11) is 0. The van der Waals surface area contributed by atoms with Gasteiger partial charge >= 0.3 is 6.18 Å². The number of nitriles is 1. The smallest absolute Gasteiger partial charge is 0.330 e. The van der Waals surface area contributed by atoms with Crippen LogP contribution in [-0.2, 0) is 15.8 Å². The molecule has 4 aliphatic rings. The van der Waals surface area contributed by atoms with Gasteiger partial charge in [-0.05, 0) is 49.8 Å². The Bertz CT molecular complexity index is 1010. The zero-order valence-corrected chi connectivity index (χ0v) is 18.2. The fourth-order valence-electron chi connectivity index (χ4n) is 5.92. The van der Waals surface area contributed by atoms with Crippen LogP contribution >= 0.6 is 0 Å². The highest BCUT2D eigenvalue weighted by molar-refractivity contribution is 5.87. The number of nitrogens with two attached hydrogens (primary N) is 1. The summed E-state index contributed by atoms with van der Waals surface area (Å²) in [6.45, 7) is 2.64. The number of amides is 2. The highest BCUT2D eigenvalue weighted by Gasteiger charge is 2.56. The van der Waals surface area contributed by atoms with E-state index in [4.69, 9.17) is 5.73 Å². The number of carbonyl (C=O) groups excluding carboxylic acids is 2. The molecule has 7 unspecified atom stereocenters. The SMILES string of the molecule is CC(c1ccc(C(F)(F)F)cc1)N1C(=O)C2CC1CN2CC(N)C(=O)N1C(C#N)CC2CC21. The van der Waals surface area contributed by atoms with Crippen LogP contribution in [0.1, 0.15) is 43.4 Å². The largest absolute Gasteiger partial charge is 0.416 e. The van der Waals surface area contributed by atoms with Crippen LogP contribution in [0, 0.1) is 17.2 Å². The van der Waals surface area contributed by atoms with Crippen molar-refractivity contribution >= 4 is 11.8 Å². The lowest BCUT2D eigenvalue weighted by Crippen LogP contribution is -2.57. The fraction of sp³-hybridized carbons (Fsp3) is 0.609. The first kappa shape index (κ1) is 22.2. The molecular weight excluding hydrogens is 435 g/mol. The molecule has 3 saturated heterocycles. The highest BCUT2D eigenvalue weighted by atomic mass is 19.4. The zero-order valence-electron chi connectivity index (χ0n) is 18.2. The van der Waals surface area contributed by atoms with Crippen molar-refractivity contribution < 1.29 is 22.8 Å². The van der Waals surface area contributed by atoms with E-state index < -0.39 is 23.8 Å². The van der Waals surface area contributed by atoms with Crippen LogP contribution in [0.25, 0.3) is 0 Å². The topological polar surface area (TPSA) is 93.7 Å². The number of hydrogen-bond donors (Lipinski definition) is 1. The Kier molecular flexibility index (Phi) is 5.18. The number of carbonyl (C=O) groups is 2. The van der Waals surface area contributed by atoms with E-state index in [2.05, 4.69) is 6.07 Å². The molecule has 7 atom stereocenters. The van der Waals surface area contributed by atoms with Gasteiger partial charge in [0, 0.05) is 25.2 Å². The monoisotopic (exact) mass is 461 g/mol. The molecule has 7 nitrogen and oxygen atoms in total. The van der Waals surface area contributed by atoms with E-state index in [-0.39, 0.29) is 42.5 Å². The lowest BCUT2D eigenvalue weighted by Gasteiger charge is -2.38. The zero-order chi connectivity index (χ0) is 23.7. The molecule has 1 aromatic carbocycles. The van der Waals surface area contributed by atoms with Gasteiger partial charge in [-0.2, -0.15) is 18.4 Å². The van der Waals surface area contributed by atoms with Gasteiger partial charge in [0.25, 0.3) is 0 Å². The number of piperazine rings is 1. The number of fused-ring (bicyclic) bond motifs is 3. The van der Waals surface area contributed by atoms with Crippen molar-refractivity contribution in [2.75, 3.05) is 13.1 Å². The Hall–Kier alpha value is -2.64. The predicted molar refractivity (Wildman–Crippen MR) is 111 cm³/mol. The van der Waals surface area contributed by atoms with Gasteiger partial charge in [-0.3, -0.25) is 14.5 Å². The Morgan fingerprint density at radius 2 is 1.94 bits per heavy atom. The number of likely N-dealkylation sites (tertiary alicyclic amines) is 3. The van der Waals surface area contributed by atoms with Gasteiger partial charge in [-0.15, -0.1) is 0 Å². The maximum Gasteiger partial charge on any atom is 0.416 e. The van der Waals surface area contributed by atoms with E-state index in [9.17, 15) is 28.0 Å². The Labute approximate surface area is 189 Å². The molecule has 1 aromatic rings. The molecule has 176 valence electrons. The number of hydrogen-bond acceptors (Lipinski definition) is 5. The summed E-state index contributed by atoms with van der Waals surface area (Å²) in [5.74, 6) is 0.101. The minimum atomic E-state index is -4.40. The molecule has 4 fully saturated rings. The second-order valence-corrected chi connectivity index (χ2v) is 9.70. The summed E-state index contributed by atoms with van der Waals surface area (Å²) in [6, 6.07) is 5.23. The van der Waals surface area contributed by atoms with Crippen molar-refractivity contribution in [3.8, 4) is 6.07 Å². The number of halogens is 3. The average Bonchev–Trinajstić information content (AvgIpc) is 3.11. The Morgan fingerprint density at radius 3 is 2.55 bits per heavy atom. The molecule has 3 aliphatic heterocycles. The van der Waals surface area contributed by atoms with Crippen LogP contribution < -0.4 is 5.73 Å². The first-order chi connectivity index (χ1) is 15.6. The molecule has 0 spiro atoms. The van der Waals surface area contributed by atoms with Gasteiger partial charge in [0.2, 0.25) is 11.8 Å². The second-order valence-electron chi connectivity index (χ2n) is 9.70. The summed E-state index contributed by atoms with van der Waals surface area (Å²) >= 11 is 0. The summed E-state index contributed by atoms with van der Waals surface area (Å²) < 4.78 is 38.6. The van der Waals surface area contributed by atoms with Crippen molar-refractivity contribution in [1.82, 2.24) is 14.7 Å². The molecule has 1 aliphatic carbocycles. The van der Waals surface area contributed by atoms with E-state index in [1.807, 2.05) is 11.8 Å². The minimum Gasteiger partial charge on any atom is -0.330 e. The summed E-state index contributed by atoms with van der Waals surface area (Å²) in [5, 5.41) is 9.34. The Balaban J connectivity index is 1.22. The summed E-state index contributed by atoms with van der Waals surface area (Å²) in [6.07, 6.45) is -2.15. The molecule has 5 rings (SSSR count). The maximum atomic E-state index is 13.1. The van der Waals surface area contributed by atoms with Crippen LogP contribution in [0.4, 0.5) is 13.2 Å². The predicted octanol–water partition coefficient (Wildman–Crippen LogP) is 1.89. The van der Waals surface area contributed by atoms with Gasteiger partial charge in [0.05, 0.1) is 29.8 Å². The molecule has 2 bridgehead atoms.